The number of carbonyl (C=O) groups is 1. The van der Waals surface area contributed by atoms with Gasteiger partial charge in [0.15, 0.2) is 5.82 Å². The molecule has 8 nitrogen and oxygen atoms in total. The van der Waals surface area contributed by atoms with Gasteiger partial charge in [-0.25, -0.2) is 9.37 Å². The molecule has 0 spiro atoms. The average Bonchev–Trinajstić information content (AvgIpc) is 3.28. The van der Waals surface area contributed by atoms with Crippen LogP contribution in [0.15, 0.2) is 36.7 Å². The van der Waals surface area contributed by atoms with Crippen LogP contribution in [0.5, 0.6) is 0 Å². The van der Waals surface area contributed by atoms with Crippen molar-refractivity contribution in [3.05, 3.63) is 70.7 Å². The Kier molecular flexibility index (Phi) is 6.02. The first kappa shape index (κ1) is 24.8. The lowest BCUT2D eigenvalue weighted by Crippen LogP contribution is -2.45. The summed E-state index contributed by atoms with van der Waals surface area (Å²) in [6.07, 6.45) is -2.58. The second kappa shape index (κ2) is 8.73. The van der Waals surface area contributed by atoms with Gasteiger partial charge in [-0.3, -0.25) is 9.78 Å². The number of halogens is 4. The van der Waals surface area contributed by atoms with E-state index in [0.717, 1.165) is 6.07 Å². The number of hydrogen-bond acceptors (Lipinski definition) is 6. The second-order valence-electron chi connectivity index (χ2n) is 8.59. The highest BCUT2D eigenvalue weighted by Gasteiger charge is 2.55. The maximum absolute atomic E-state index is 14.7. The van der Waals surface area contributed by atoms with E-state index in [-0.39, 0.29) is 41.0 Å². The van der Waals surface area contributed by atoms with Gasteiger partial charge in [0.05, 0.1) is 41.3 Å². The van der Waals surface area contributed by atoms with Gasteiger partial charge in [0.1, 0.15) is 18.0 Å². The maximum Gasteiger partial charge on any atom is 0.424 e. The van der Waals surface area contributed by atoms with Crippen LogP contribution in [0.1, 0.15) is 52.9 Å². The van der Waals surface area contributed by atoms with Gasteiger partial charge >= 0.3 is 6.18 Å². The molecule has 0 radical (unpaired) electrons. The highest BCUT2D eigenvalue weighted by molar-refractivity contribution is 5.95. The quantitative estimate of drug-likeness (QED) is 0.549. The minimum Gasteiger partial charge on any atom is -0.374 e. The van der Waals surface area contributed by atoms with E-state index >= 15 is 0 Å². The number of benzene rings is 1. The third-order valence-electron chi connectivity index (χ3n) is 6.03. The Labute approximate surface area is 202 Å². The lowest BCUT2D eigenvalue weighted by Gasteiger charge is -2.36. The van der Waals surface area contributed by atoms with Gasteiger partial charge in [0.25, 0.3) is 5.91 Å². The molecule has 0 aliphatic carbocycles. The Morgan fingerprint density at radius 2 is 1.89 bits per heavy atom. The number of aromatic nitrogens is 3. The molecule has 184 valence electrons. The number of rotatable bonds is 3. The smallest absolute Gasteiger partial charge is 0.374 e. The lowest BCUT2D eigenvalue weighted by atomic mass is 10.0. The molecular formula is C24H18F4N6O2. The number of alkyl halides is 3. The van der Waals surface area contributed by atoms with Crippen molar-refractivity contribution in [2.45, 2.75) is 38.2 Å². The number of aliphatic hydroxyl groups is 1. The summed E-state index contributed by atoms with van der Waals surface area (Å²) >= 11 is 0. The summed E-state index contributed by atoms with van der Waals surface area (Å²) in [5, 5.41) is 28.5. The molecule has 4 rings (SSSR count). The summed E-state index contributed by atoms with van der Waals surface area (Å²) in [5.41, 5.74) is -2.88. The Morgan fingerprint density at radius 1 is 1.17 bits per heavy atom. The summed E-state index contributed by atoms with van der Waals surface area (Å²) in [7, 11) is 0. The molecule has 1 amide bonds. The molecule has 3 heterocycles. The molecule has 12 heteroatoms. The topological polar surface area (TPSA) is 119 Å². The summed E-state index contributed by atoms with van der Waals surface area (Å²) in [6, 6.07) is 7.88. The monoisotopic (exact) mass is 498 g/mol. The predicted molar refractivity (Wildman–Crippen MR) is 116 cm³/mol. The Hall–Kier alpha value is -4.29. The molecular weight excluding hydrogens is 480 g/mol. The number of fused-ring (bicyclic) bond motifs is 1. The molecule has 0 saturated carbocycles. The highest BCUT2D eigenvalue weighted by Crippen LogP contribution is 2.40. The Morgan fingerprint density at radius 3 is 2.53 bits per heavy atom. The zero-order valence-corrected chi connectivity index (χ0v) is 19.0. The van der Waals surface area contributed by atoms with Crippen molar-refractivity contribution in [3.63, 3.8) is 0 Å². The van der Waals surface area contributed by atoms with Crippen LogP contribution in [-0.2, 0) is 12.1 Å². The van der Waals surface area contributed by atoms with Gasteiger partial charge in [0, 0.05) is 23.9 Å². The average molecular weight is 498 g/mol. The number of nitrogens with zero attached hydrogens (tertiary/aromatic N) is 6. The molecule has 1 unspecified atom stereocenters. The van der Waals surface area contributed by atoms with E-state index in [2.05, 4.69) is 9.97 Å². The zero-order chi connectivity index (χ0) is 26.4. The van der Waals surface area contributed by atoms with Crippen LogP contribution in [0.3, 0.4) is 0 Å². The first-order chi connectivity index (χ1) is 16.9. The number of amides is 1. The van der Waals surface area contributed by atoms with Crippen LogP contribution in [-0.4, -0.2) is 43.2 Å². The van der Waals surface area contributed by atoms with Gasteiger partial charge in [-0.2, -0.15) is 23.7 Å². The fraction of sp³-hybridized carbons (Fsp3) is 0.292. The molecule has 1 aliphatic heterocycles. The van der Waals surface area contributed by atoms with Gasteiger partial charge in [0.2, 0.25) is 5.60 Å². The Bertz CT molecular complexity index is 1450. The first-order valence-corrected chi connectivity index (χ1v) is 10.6. The van der Waals surface area contributed by atoms with Crippen LogP contribution >= 0.6 is 0 Å². The number of carbonyl (C=O) groups excluding carboxylic acids is 1. The summed E-state index contributed by atoms with van der Waals surface area (Å²) in [6.45, 7) is 2.14. The Balaban J connectivity index is 1.67. The van der Waals surface area contributed by atoms with Gasteiger partial charge in [-0.1, -0.05) is 0 Å². The van der Waals surface area contributed by atoms with Crippen molar-refractivity contribution in [2.24, 2.45) is 0 Å². The first-order valence-electron chi connectivity index (χ1n) is 10.6. The molecule has 0 bridgehead atoms. The normalized spacial score (nSPS) is 17.0. The second-order valence-corrected chi connectivity index (χ2v) is 8.59. The van der Waals surface area contributed by atoms with E-state index in [4.69, 9.17) is 5.26 Å². The van der Waals surface area contributed by atoms with Crippen molar-refractivity contribution in [3.8, 4) is 23.4 Å². The van der Waals surface area contributed by atoms with E-state index < -0.39 is 35.4 Å². The van der Waals surface area contributed by atoms with E-state index in [9.17, 15) is 32.7 Å². The largest absolute Gasteiger partial charge is 0.424 e. The molecule has 0 fully saturated rings. The number of pyridine rings is 1. The summed E-state index contributed by atoms with van der Waals surface area (Å²) in [4.78, 5) is 22.5. The predicted octanol–water partition coefficient (Wildman–Crippen LogP) is 3.81. The fourth-order valence-electron chi connectivity index (χ4n) is 4.16. The van der Waals surface area contributed by atoms with Gasteiger partial charge in [-0.05, 0) is 38.1 Å². The van der Waals surface area contributed by atoms with Crippen molar-refractivity contribution in [1.82, 2.24) is 19.4 Å². The van der Waals surface area contributed by atoms with E-state index in [1.807, 2.05) is 12.1 Å². The van der Waals surface area contributed by atoms with E-state index in [0.29, 0.717) is 12.6 Å². The molecule has 2 atom stereocenters. The third kappa shape index (κ3) is 4.06. The lowest BCUT2D eigenvalue weighted by molar-refractivity contribution is -0.263. The van der Waals surface area contributed by atoms with Gasteiger partial charge < -0.3 is 14.6 Å². The van der Waals surface area contributed by atoms with E-state index in [1.54, 1.807) is 6.92 Å². The molecule has 1 aromatic carbocycles. The van der Waals surface area contributed by atoms with E-state index in [1.165, 1.54) is 40.1 Å². The third-order valence-corrected chi connectivity index (χ3v) is 6.03. The van der Waals surface area contributed by atoms with Gasteiger partial charge in [-0.15, -0.1) is 0 Å². The van der Waals surface area contributed by atoms with Crippen LogP contribution in [0.2, 0.25) is 0 Å². The van der Waals surface area contributed by atoms with Crippen LogP contribution < -0.4 is 0 Å². The molecule has 2 aromatic heterocycles. The van der Waals surface area contributed by atoms with Crippen LogP contribution in [0, 0.1) is 28.5 Å². The van der Waals surface area contributed by atoms with Crippen molar-refractivity contribution in [1.29, 1.82) is 10.5 Å². The minimum atomic E-state index is -4.95. The fourth-order valence-corrected chi connectivity index (χ4v) is 4.16. The van der Waals surface area contributed by atoms with Crippen LogP contribution in [0.4, 0.5) is 17.6 Å². The summed E-state index contributed by atoms with van der Waals surface area (Å²) in [5.74, 6) is -1.82. The molecule has 1 N–H and O–H groups in total. The number of hydrogen-bond donors (Lipinski definition) is 1. The van der Waals surface area contributed by atoms with Crippen LogP contribution in [0.25, 0.3) is 11.3 Å². The highest BCUT2D eigenvalue weighted by atomic mass is 19.4. The standard InChI is InChI=1S/C24H18F4N6O2/c1-13-11-33(12-17-10-32-22(34(13)17)23(2,36)24(26,27)28)21(35)15-3-4-19(25)18(6-15)20-16(8-30)5-14(7-29)9-31-20/h3-6,9-10,13,36H,11-12H2,1-2H3/t13-,23?/m0/s1. The number of imidazole rings is 1. The van der Waals surface area contributed by atoms with Crippen molar-refractivity contribution >= 4 is 5.91 Å². The molecule has 36 heavy (non-hydrogen) atoms. The SMILES string of the molecule is C[C@H]1CN(C(=O)c2ccc(F)c(-c3ncc(C#N)cc3C#N)c2)Cc2cnc(C(C)(O)C(F)(F)F)n21. The molecule has 1 aliphatic rings. The maximum atomic E-state index is 14.7. The molecule has 3 aromatic rings. The minimum absolute atomic E-state index is 0.00834. The van der Waals surface area contributed by atoms with Crippen molar-refractivity contribution in [2.75, 3.05) is 6.54 Å². The summed E-state index contributed by atoms with van der Waals surface area (Å²) < 4.78 is 56.1. The zero-order valence-electron chi connectivity index (χ0n) is 19.0. The molecule has 0 saturated heterocycles. The number of nitriles is 2. The van der Waals surface area contributed by atoms with Crippen molar-refractivity contribution < 1.29 is 27.5 Å².